The molecule has 1 aromatic carbocycles. The van der Waals surface area contributed by atoms with E-state index in [-0.39, 0.29) is 17.8 Å². The van der Waals surface area contributed by atoms with E-state index in [9.17, 15) is 9.18 Å². The molecule has 1 aliphatic carbocycles. The van der Waals surface area contributed by atoms with Crippen molar-refractivity contribution in [3.8, 4) is 0 Å². The highest BCUT2D eigenvalue weighted by atomic mass is 19.1. The molecule has 1 saturated carbocycles. The zero-order valence-electron chi connectivity index (χ0n) is 16.0. The van der Waals surface area contributed by atoms with Gasteiger partial charge in [-0.15, -0.1) is 0 Å². The van der Waals surface area contributed by atoms with Gasteiger partial charge in [0.15, 0.2) is 0 Å². The third-order valence-corrected chi connectivity index (χ3v) is 5.94. The van der Waals surface area contributed by atoms with Crippen molar-refractivity contribution in [1.82, 2.24) is 9.88 Å². The Bertz CT molecular complexity index is 812. The van der Waals surface area contributed by atoms with E-state index in [0.717, 1.165) is 55.6 Å². The minimum Gasteiger partial charge on any atom is -0.334 e. The summed E-state index contributed by atoms with van der Waals surface area (Å²) in [4.78, 5) is 19.8. The summed E-state index contributed by atoms with van der Waals surface area (Å²) in [5.74, 6) is 0.338. The molecule has 1 atom stereocenters. The summed E-state index contributed by atoms with van der Waals surface area (Å²) in [5.41, 5.74) is 4.24. The van der Waals surface area contributed by atoms with E-state index < -0.39 is 0 Å². The first-order valence-corrected chi connectivity index (χ1v) is 10.1. The average molecular weight is 366 g/mol. The second-order valence-electron chi connectivity index (χ2n) is 8.02. The molecule has 1 unspecified atom stereocenters. The van der Waals surface area contributed by atoms with Crippen LogP contribution in [0, 0.1) is 18.7 Å². The summed E-state index contributed by atoms with van der Waals surface area (Å²) in [5, 5.41) is 0. The number of carbonyl (C=O) groups is 1. The smallest absolute Gasteiger partial charge is 0.226 e. The lowest BCUT2D eigenvalue weighted by atomic mass is 10.0. The second-order valence-corrected chi connectivity index (χ2v) is 8.02. The fraction of sp³-hybridized carbons (Fsp3) is 0.478. The Morgan fingerprint density at radius 3 is 2.56 bits per heavy atom. The molecule has 1 aromatic heterocycles. The van der Waals surface area contributed by atoms with Crippen LogP contribution < -0.4 is 0 Å². The fourth-order valence-electron chi connectivity index (χ4n) is 4.62. The summed E-state index contributed by atoms with van der Waals surface area (Å²) in [6, 6.07) is 11.0. The maximum atomic E-state index is 13.2. The maximum absolute atomic E-state index is 13.2. The minimum absolute atomic E-state index is 0.102. The van der Waals surface area contributed by atoms with E-state index in [0.29, 0.717) is 5.91 Å². The Labute approximate surface area is 160 Å². The van der Waals surface area contributed by atoms with Gasteiger partial charge in [0, 0.05) is 18.2 Å². The van der Waals surface area contributed by atoms with Gasteiger partial charge in [-0.25, -0.2) is 4.39 Å². The molecule has 2 aromatic rings. The van der Waals surface area contributed by atoms with E-state index in [2.05, 4.69) is 17.0 Å². The summed E-state index contributed by atoms with van der Waals surface area (Å²) >= 11 is 0. The number of hydrogen-bond donors (Lipinski definition) is 0. The highest BCUT2D eigenvalue weighted by Gasteiger charge is 2.35. The van der Waals surface area contributed by atoms with Crippen molar-refractivity contribution in [2.24, 2.45) is 5.92 Å². The number of benzene rings is 1. The molecule has 2 fully saturated rings. The highest BCUT2D eigenvalue weighted by Crippen LogP contribution is 2.36. The lowest BCUT2D eigenvalue weighted by molar-refractivity contribution is -0.136. The minimum atomic E-state index is -0.211. The van der Waals surface area contributed by atoms with Crippen LogP contribution in [-0.4, -0.2) is 22.3 Å². The van der Waals surface area contributed by atoms with Crippen molar-refractivity contribution in [3.05, 3.63) is 64.7 Å². The number of nitrogens with zero attached hydrogens (tertiary/aromatic N) is 2. The van der Waals surface area contributed by atoms with Crippen LogP contribution in [0.15, 0.2) is 36.4 Å². The molecule has 1 amide bonds. The van der Waals surface area contributed by atoms with Crippen molar-refractivity contribution in [2.75, 3.05) is 6.54 Å². The highest BCUT2D eigenvalue weighted by molar-refractivity contribution is 5.79. The van der Waals surface area contributed by atoms with E-state index in [1.165, 1.54) is 30.5 Å². The van der Waals surface area contributed by atoms with Gasteiger partial charge in [-0.1, -0.05) is 25.0 Å². The van der Waals surface area contributed by atoms with Crippen molar-refractivity contribution < 1.29 is 9.18 Å². The van der Waals surface area contributed by atoms with E-state index in [4.69, 9.17) is 4.98 Å². The summed E-state index contributed by atoms with van der Waals surface area (Å²) < 4.78 is 13.2. The molecule has 1 aliphatic heterocycles. The fourth-order valence-corrected chi connectivity index (χ4v) is 4.62. The molecule has 1 saturated heterocycles. The monoisotopic (exact) mass is 366 g/mol. The van der Waals surface area contributed by atoms with Crippen molar-refractivity contribution in [3.63, 3.8) is 0 Å². The van der Waals surface area contributed by atoms with Crippen LogP contribution in [0.1, 0.15) is 67.1 Å². The van der Waals surface area contributed by atoms with Crippen molar-refractivity contribution in [2.45, 2.75) is 57.9 Å². The van der Waals surface area contributed by atoms with E-state index in [1.807, 2.05) is 19.1 Å². The second kappa shape index (κ2) is 7.79. The van der Waals surface area contributed by atoms with Crippen LogP contribution in [-0.2, 0) is 11.2 Å². The first-order valence-electron chi connectivity index (χ1n) is 10.1. The number of likely N-dealkylation sites (tertiary alicyclic amines) is 1. The largest absolute Gasteiger partial charge is 0.334 e. The Morgan fingerprint density at radius 1 is 1.07 bits per heavy atom. The van der Waals surface area contributed by atoms with Gasteiger partial charge in [0.25, 0.3) is 0 Å². The predicted molar refractivity (Wildman–Crippen MR) is 104 cm³/mol. The molecular weight excluding hydrogens is 339 g/mol. The van der Waals surface area contributed by atoms with Gasteiger partial charge in [-0.3, -0.25) is 9.78 Å². The van der Waals surface area contributed by atoms with Crippen LogP contribution in [0.3, 0.4) is 0 Å². The van der Waals surface area contributed by atoms with E-state index in [1.54, 1.807) is 0 Å². The maximum Gasteiger partial charge on any atom is 0.226 e. The summed E-state index contributed by atoms with van der Waals surface area (Å²) in [7, 11) is 0. The van der Waals surface area contributed by atoms with Gasteiger partial charge >= 0.3 is 0 Å². The molecule has 0 bridgehead atoms. The summed E-state index contributed by atoms with van der Waals surface area (Å²) in [6.45, 7) is 2.86. The molecule has 2 aliphatic rings. The quantitative estimate of drug-likeness (QED) is 0.765. The van der Waals surface area contributed by atoms with Crippen molar-refractivity contribution >= 4 is 5.91 Å². The molecule has 0 spiro atoms. The number of hydrogen-bond acceptors (Lipinski definition) is 2. The molecule has 4 heteroatoms. The average Bonchev–Trinajstić information content (AvgIpc) is 3.34. The molecule has 4 rings (SSSR count). The van der Waals surface area contributed by atoms with Gasteiger partial charge in [-0.2, -0.15) is 0 Å². The number of aryl methyl sites for hydroxylation is 1. The molecule has 142 valence electrons. The van der Waals surface area contributed by atoms with Gasteiger partial charge in [-0.05, 0) is 74.4 Å². The van der Waals surface area contributed by atoms with Gasteiger partial charge in [0.05, 0.1) is 11.7 Å². The van der Waals surface area contributed by atoms with Crippen LogP contribution >= 0.6 is 0 Å². The zero-order valence-corrected chi connectivity index (χ0v) is 16.0. The SMILES string of the molecule is Cc1cc(Cc2ccc(F)cc2)cc(C2CCCN2C(=O)C2CCCC2)n1. The topological polar surface area (TPSA) is 33.2 Å². The Hall–Kier alpha value is -2.23. The molecule has 3 nitrogen and oxygen atoms in total. The number of pyridine rings is 1. The third-order valence-electron chi connectivity index (χ3n) is 5.94. The Kier molecular flexibility index (Phi) is 5.24. The van der Waals surface area contributed by atoms with Crippen LogP contribution in [0.2, 0.25) is 0 Å². The summed E-state index contributed by atoms with van der Waals surface area (Å²) in [6.07, 6.45) is 7.23. The van der Waals surface area contributed by atoms with Gasteiger partial charge < -0.3 is 4.90 Å². The lowest BCUT2D eigenvalue weighted by Crippen LogP contribution is -2.35. The Morgan fingerprint density at radius 2 is 1.81 bits per heavy atom. The van der Waals surface area contributed by atoms with E-state index >= 15 is 0 Å². The predicted octanol–water partition coefficient (Wildman–Crippen LogP) is 4.97. The van der Waals surface area contributed by atoms with Crippen LogP contribution in [0.5, 0.6) is 0 Å². The number of aromatic nitrogens is 1. The first kappa shape index (κ1) is 18.1. The number of halogens is 1. The number of amides is 1. The molecular formula is C23H27FN2O. The lowest BCUT2D eigenvalue weighted by Gasteiger charge is -2.27. The molecule has 27 heavy (non-hydrogen) atoms. The van der Waals surface area contributed by atoms with Gasteiger partial charge in [0.1, 0.15) is 5.82 Å². The first-order chi connectivity index (χ1) is 13.1. The number of carbonyl (C=O) groups excluding carboxylic acids is 1. The Balaban J connectivity index is 1.56. The standard InChI is InChI=1S/C23H27FN2O/c1-16-13-18(14-17-8-10-20(24)11-9-17)15-21(25-16)22-7-4-12-26(22)23(27)19-5-2-3-6-19/h8-11,13,15,19,22H,2-7,12,14H2,1H3. The zero-order chi connectivity index (χ0) is 18.8. The third kappa shape index (κ3) is 4.05. The molecule has 0 N–H and O–H groups in total. The number of rotatable bonds is 4. The molecule has 2 heterocycles. The normalized spacial score (nSPS) is 20.4. The van der Waals surface area contributed by atoms with Crippen LogP contribution in [0.25, 0.3) is 0 Å². The van der Waals surface area contributed by atoms with Crippen LogP contribution in [0.4, 0.5) is 4.39 Å². The molecule has 0 radical (unpaired) electrons. The van der Waals surface area contributed by atoms with Gasteiger partial charge in [0.2, 0.25) is 5.91 Å². The van der Waals surface area contributed by atoms with Crippen molar-refractivity contribution in [1.29, 1.82) is 0 Å².